The molecule has 6 heteroatoms. The van der Waals surface area contributed by atoms with Gasteiger partial charge in [-0.1, -0.05) is 0 Å². The van der Waals surface area contributed by atoms with Gasteiger partial charge in [0.05, 0.1) is 5.56 Å². The molecule has 0 saturated carbocycles. The van der Waals surface area contributed by atoms with Crippen LogP contribution in [0.4, 0.5) is 19.0 Å². The molecule has 0 aliphatic carbocycles. The Kier molecular flexibility index (Phi) is 6.01. The van der Waals surface area contributed by atoms with Crippen molar-refractivity contribution < 1.29 is 13.2 Å². The minimum Gasteiger partial charge on any atom is -0.369 e. The van der Waals surface area contributed by atoms with Gasteiger partial charge in [-0.15, -0.1) is 0 Å². The molecule has 3 nitrogen and oxygen atoms in total. The lowest BCUT2D eigenvalue weighted by molar-refractivity contribution is -0.137. The first-order chi connectivity index (χ1) is 9.61. The largest absolute Gasteiger partial charge is 0.416 e. The predicted molar refractivity (Wildman–Crippen MR) is 79.4 cm³/mol. The van der Waals surface area contributed by atoms with Crippen molar-refractivity contribution in [1.29, 1.82) is 0 Å². The maximum absolute atomic E-state index is 12.7. The van der Waals surface area contributed by atoms with Crippen molar-refractivity contribution in [3.8, 4) is 0 Å². The van der Waals surface area contributed by atoms with Crippen LogP contribution in [0.1, 0.15) is 39.0 Å². The van der Waals surface area contributed by atoms with Crippen LogP contribution in [-0.2, 0) is 6.18 Å². The molecule has 1 N–H and O–H groups in total. The fourth-order valence-electron chi connectivity index (χ4n) is 2.35. The Labute approximate surface area is 124 Å². The zero-order chi connectivity index (χ0) is 16.2. The molecule has 0 aliphatic heterocycles. The third-order valence-corrected chi connectivity index (χ3v) is 3.28. The molecule has 0 spiro atoms. The fraction of sp³-hybridized carbons (Fsp3) is 0.667. The quantitative estimate of drug-likeness (QED) is 0.863. The standard InChI is InChI=1S/C15H24F3N3/c1-10(2)21(11(3)4)7-6-19-14-9-13(15(16,17)18)8-12(5)20-14/h8-11H,6-7H2,1-5H3,(H,19,20). The van der Waals surface area contributed by atoms with E-state index in [4.69, 9.17) is 0 Å². The van der Waals surface area contributed by atoms with E-state index in [9.17, 15) is 13.2 Å². The molecule has 1 aromatic rings. The second-order valence-corrected chi connectivity index (χ2v) is 5.73. The number of halogens is 3. The van der Waals surface area contributed by atoms with Gasteiger partial charge in [0, 0.05) is 30.9 Å². The number of nitrogens with one attached hydrogen (secondary N) is 1. The van der Waals surface area contributed by atoms with Gasteiger partial charge in [0.15, 0.2) is 0 Å². The zero-order valence-electron chi connectivity index (χ0n) is 13.3. The van der Waals surface area contributed by atoms with Crippen LogP contribution in [0.25, 0.3) is 0 Å². The number of hydrogen-bond acceptors (Lipinski definition) is 3. The van der Waals surface area contributed by atoms with E-state index in [0.29, 0.717) is 24.3 Å². The van der Waals surface area contributed by atoms with Gasteiger partial charge in [0.1, 0.15) is 5.82 Å². The highest BCUT2D eigenvalue weighted by molar-refractivity contribution is 5.40. The molecule has 0 radical (unpaired) electrons. The molecular formula is C15H24F3N3. The fourth-order valence-corrected chi connectivity index (χ4v) is 2.35. The maximum Gasteiger partial charge on any atom is 0.416 e. The van der Waals surface area contributed by atoms with Crippen molar-refractivity contribution in [1.82, 2.24) is 9.88 Å². The Hall–Kier alpha value is -1.30. The smallest absolute Gasteiger partial charge is 0.369 e. The van der Waals surface area contributed by atoms with Crippen LogP contribution in [0.2, 0.25) is 0 Å². The summed E-state index contributed by atoms with van der Waals surface area (Å²) < 4.78 is 38.2. The summed E-state index contributed by atoms with van der Waals surface area (Å²) in [4.78, 5) is 6.38. The van der Waals surface area contributed by atoms with E-state index in [-0.39, 0.29) is 5.82 Å². The van der Waals surface area contributed by atoms with Gasteiger partial charge in [0.2, 0.25) is 0 Å². The van der Waals surface area contributed by atoms with Crippen LogP contribution < -0.4 is 5.32 Å². The van der Waals surface area contributed by atoms with Gasteiger partial charge in [-0.05, 0) is 46.8 Å². The van der Waals surface area contributed by atoms with E-state index in [1.165, 1.54) is 0 Å². The lowest BCUT2D eigenvalue weighted by atomic mass is 10.2. The molecule has 0 aromatic carbocycles. The second-order valence-electron chi connectivity index (χ2n) is 5.73. The Morgan fingerprint density at radius 1 is 1.14 bits per heavy atom. The van der Waals surface area contributed by atoms with Crippen molar-refractivity contribution in [3.63, 3.8) is 0 Å². The lowest BCUT2D eigenvalue weighted by Gasteiger charge is -2.30. The van der Waals surface area contributed by atoms with Crippen molar-refractivity contribution in [2.24, 2.45) is 0 Å². The number of anilines is 1. The first-order valence-electron chi connectivity index (χ1n) is 7.16. The molecule has 1 aromatic heterocycles. The first-order valence-corrected chi connectivity index (χ1v) is 7.16. The van der Waals surface area contributed by atoms with Gasteiger partial charge < -0.3 is 5.32 Å². The van der Waals surface area contributed by atoms with Gasteiger partial charge in [-0.2, -0.15) is 13.2 Å². The van der Waals surface area contributed by atoms with Crippen LogP contribution in [0.5, 0.6) is 0 Å². The Balaban J connectivity index is 2.70. The van der Waals surface area contributed by atoms with Gasteiger partial charge in [-0.25, -0.2) is 4.98 Å². The van der Waals surface area contributed by atoms with Crippen molar-refractivity contribution >= 4 is 5.82 Å². The van der Waals surface area contributed by atoms with E-state index >= 15 is 0 Å². The molecule has 1 heterocycles. The summed E-state index contributed by atoms with van der Waals surface area (Å²) >= 11 is 0. The van der Waals surface area contributed by atoms with E-state index in [0.717, 1.165) is 18.7 Å². The topological polar surface area (TPSA) is 28.2 Å². The molecule has 0 fully saturated rings. The highest BCUT2D eigenvalue weighted by Gasteiger charge is 2.31. The minimum absolute atomic E-state index is 0.273. The molecule has 0 unspecified atom stereocenters. The zero-order valence-corrected chi connectivity index (χ0v) is 13.3. The van der Waals surface area contributed by atoms with E-state index in [1.54, 1.807) is 6.92 Å². The molecular weight excluding hydrogens is 279 g/mol. The van der Waals surface area contributed by atoms with Gasteiger partial charge >= 0.3 is 6.18 Å². The molecule has 0 atom stereocenters. The summed E-state index contributed by atoms with van der Waals surface area (Å²) in [5, 5.41) is 2.99. The highest BCUT2D eigenvalue weighted by atomic mass is 19.4. The van der Waals surface area contributed by atoms with E-state index in [1.807, 2.05) is 0 Å². The normalized spacial score (nSPS) is 12.5. The van der Waals surface area contributed by atoms with Crippen LogP contribution in [0.15, 0.2) is 12.1 Å². The third-order valence-electron chi connectivity index (χ3n) is 3.28. The molecule has 0 aliphatic rings. The minimum atomic E-state index is -4.34. The molecule has 0 amide bonds. The summed E-state index contributed by atoms with van der Waals surface area (Å²) in [6.45, 7) is 11.3. The van der Waals surface area contributed by atoms with Crippen LogP contribution in [-0.4, -0.2) is 35.1 Å². The maximum atomic E-state index is 12.7. The van der Waals surface area contributed by atoms with Crippen LogP contribution in [0.3, 0.4) is 0 Å². The number of hydrogen-bond donors (Lipinski definition) is 1. The Morgan fingerprint density at radius 2 is 1.71 bits per heavy atom. The monoisotopic (exact) mass is 303 g/mol. The summed E-state index contributed by atoms with van der Waals surface area (Å²) in [6.07, 6.45) is -4.34. The number of alkyl halides is 3. The number of rotatable bonds is 6. The molecule has 0 bridgehead atoms. The summed E-state index contributed by atoms with van der Waals surface area (Å²) in [5.74, 6) is 0.273. The number of aromatic nitrogens is 1. The van der Waals surface area contributed by atoms with Crippen molar-refractivity contribution in [2.75, 3.05) is 18.4 Å². The number of nitrogens with zero attached hydrogens (tertiary/aromatic N) is 2. The molecule has 21 heavy (non-hydrogen) atoms. The summed E-state index contributed by atoms with van der Waals surface area (Å²) in [5.41, 5.74) is -0.307. The van der Waals surface area contributed by atoms with E-state index < -0.39 is 11.7 Å². The molecule has 120 valence electrons. The SMILES string of the molecule is Cc1cc(C(F)(F)F)cc(NCCN(C(C)C)C(C)C)n1. The van der Waals surface area contributed by atoms with Crippen LogP contribution in [0, 0.1) is 6.92 Å². The van der Waals surface area contributed by atoms with Crippen molar-refractivity contribution in [3.05, 3.63) is 23.4 Å². The van der Waals surface area contributed by atoms with Crippen LogP contribution >= 0.6 is 0 Å². The predicted octanol–water partition coefficient (Wildman–Crippen LogP) is 3.94. The van der Waals surface area contributed by atoms with Gasteiger partial charge in [-0.3, -0.25) is 4.90 Å². The summed E-state index contributed by atoms with van der Waals surface area (Å²) in [6, 6.07) is 2.90. The van der Waals surface area contributed by atoms with Crippen molar-refractivity contribution in [2.45, 2.75) is 52.9 Å². The number of aryl methyl sites for hydroxylation is 1. The van der Waals surface area contributed by atoms with E-state index in [2.05, 4.69) is 42.9 Å². The number of pyridine rings is 1. The molecule has 1 rings (SSSR count). The Morgan fingerprint density at radius 3 is 2.19 bits per heavy atom. The highest BCUT2D eigenvalue weighted by Crippen LogP contribution is 2.30. The summed E-state index contributed by atoms with van der Waals surface area (Å²) in [7, 11) is 0. The van der Waals surface area contributed by atoms with Gasteiger partial charge in [0.25, 0.3) is 0 Å². The Bertz CT molecular complexity index is 448. The molecule has 0 saturated heterocycles. The third kappa shape index (κ3) is 5.53. The lowest BCUT2D eigenvalue weighted by Crippen LogP contribution is -2.40. The average molecular weight is 303 g/mol. The average Bonchev–Trinajstić information content (AvgIpc) is 2.31. The first kappa shape index (κ1) is 17.8. The second kappa shape index (κ2) is 7.11.